The Labute approximate surface area is 195 Å². The Balaban J connectivity index is 0.00000245. The van der Waals surface area contributed by atoms with Gasteiger partial charge in [0.25, 0.3) is 0 Å². The molecule has 3 aromatic rings. The predicted octanol–water partition coefficient (Wildman–Crippen LogP) is 6.15. The number of carbonyl (C=O) groups is 1. The Morgan fingerprint density at radius 1 is 0.781 bits per heavy atom. The maximum atomic E-state index is 13.5. The number of nitrogens with zero attached hydrogens (tertiary/aromatic N) is 1. The highest BCUT2D eigenvalue weighted by molar-refractivity contribution is 6.01. The first kappa shape index (κ1) is 22.0. The second kappa shape index (κ2) is 9.09. The Morgan fingerprint density at radius 3 is 2.12 bits per heavy atom. The van der Waals surface area contributed by atoms with Crippen LogP contribution in [0.3, 0.4) is 0 Å². The lowest BCUT2D eigenvalue weighted by atomic mass is 9.78. The number of nitrogens with one attached hydrogen (secondary N) is 2. The van der Waals surface area contributed by atoms with Gasteiger partial charge in [-0.25, -0.2) is 0 Å². The fourth-order valence-corrected chi connectivity index (χ4v) is 4.67. The van der Waals surface area contributed by atoms with Crippen molar-refractivity contribution < 1.29 is 4.79 Å². The molecule has 32 heavy (non-hydrogen) atoms. The van der Waals surface area contributed by atoms with Gasteiger partial charge in [0.2, 0.25) is 0 Å². The molecule has 5 heteroatoms. The highest BCUT2D eigenvalue weighted by Gasteiger charge is 2.35. The van der Waals surface area contributed by atoms with Crippen molar-refractivity contribution in [2.75, 3.05) is 29.6 Å². The minimum absolute atomic E-state index is 0. The van der Waals surface area contributed by atoms with Crippen LogP contribution in [-0.2, 0) is 4.79 Å². The number of halogens is 1. The average molecular weight is 446 g/mol. The summed E-state index contributed by atoms with van der Waals surface area (Å²) < 4.78 is 0. The van der Waals surface area contributed by atoms with Crippen LogP contribution in [0.1, 0.15) is 35.9 Å². The number of hydrogen-bond donors (Lipinski definition) is 2. The molecule has 0 saturated heterocycles. The van der Waals surface area contributed by atoms with Crippen molar-refractivity contribution in [1.29, 1.82) is 0 Å². The van der Waals surface area contributed by atoms with Gasteiger partial charge in [-0.3, -0.25) is 4.79 Å². The Kier molecular flexibility index (Phi) is 6.24. The third-order valence-electron chi connectivity index (χ3n) is 6.32. The van der Waals surface area contributed by atoms with E-state index in [1.165, 1.54) is 11.3 Å². The SMILES string of the molecule is CN(C)c1ccc(C2CC(=O)C3=C(C2)Nc2ccccc2NC3c2ccccc2)cc1.Cl. The summed E-state index contributed by atoms with van der Waals surface area (Å²) >= 11 is 0. The van der Waals surface area contributed by atoms with Gasteiger partial charge < -0.3 is 15.5 Å². The lowest BCUT2D eigenvalue weighted by molar-refractivity contribution is -0.116. The number of ketones is 1. The smallest absolute Gasteiger partial charge is 0.163 e. The van der Waals surface area contributed by atoms with Crippen LogP contribution >= 0.6 is 12.4 Å². The molecule has 2 aliphatic rings. The second-order valence-electron chi connectivity index (χ2n) is 8.57. The predicted molar refractivity (Wildman–Crippen MR) is 135 cm³/mol. The maximum absolute atomic E-state index is 13.5. The van der Waals surface area contributed by atoms with Gasteiger partial charge in [0, 0.05) is 37.5 Å². The van der Waals surface area contributed by atoms with Crippen LogP contribution < -0.4 is 15.5 Å². The molecular weight excluding hydrogens is 418 g/mol. The molecule has 1 heterocycles. The molecule has 1 aliphatic carbocycles. The number of allylic oxidation sites excluding steroid dienone is 1. The molecule has 2 atom stereocenters. The number of anilines is 3. The molecule has 0 aromatic heterocycles. The Hall–Kier alpha value is -3.24. The summed E-state index contributed by atoms with van der Waals surface area (Å²) in [5.74, 6) is 0.390. The molecule has 0 amide bonds. The summed E-state index contributed by atoms with van der Waals surface area (Å²) in [4.78, 5) is 15.6. The summed E-state index contributed by atoms with van der Waals surface area (Å²) in [6, 6.07) is 26.9. The standard InChI is InChI=1S/C27H27N3O.ClH/c1-30(2)21-14-12-18(13-15-21)20-16-24-26(25(31)17-20)27(19-8-4-3-5-9-19)29-23-11-7-6-10-22(23)28-24;/h3-15,20,27-29H,16-17H2,1-2H3;1H. The number of Topliss-reactive ketones (excluding diaryl/α,β-unsaturated/α-hetero) is 1. The first-order valence-electron chi connectivity index (χ1n) is 10.8. The normalized spacial score (nSPS) is 19.5. The van der Waals surface area contributed by atoms with Crippen molar-refractivity contribution in [1.82, 2.24) is 0 Å². The van der Waals surface area contributed by atoms with Crippen molar-refractivity contribution in [2.45, 2.75) is 24.8 Å². The quantitative estimate of drug-likeness (QED) is 0.507. The van der Waals surface area contributed by atoms with Crippen molar-refractivity contribution in [2.24, 2.45) is 0 Å². The minimum Gasteiger partial charge on any atom is -0.378 e. The summed E-state index contributed by atoms with van der Waals surface area (Å²) in [7, 11) is 4.08. The first-order valence-corrected chi connectivity index (χ1v) is 10.8. The van der Waals surface area contributed by atoms with E-state index in [1.54, 1.807) is 0 Å². The summed E-state index contributed by atoms with van der Waals surface area (Å²) in [5.41, 5.74) is 7.42. The van der Waals surface area contributed by atoms with Gasteiger partial charge in [-0.15, -0.1) is 12.4 Å². The van der Waals surface area contributed by atoms with E-state index < -0.39 is 0 Å². The van der Waals surface area contributed by atoms with Gasteiger partial charge in [-0.05, 0) is 47.7 Å². The van der Waals surface area contributed by atoms with E-state index >= 15 is 0 Å². The van der Waals surface area contributed by atoms with E-state index in [1.807, 2.05) is 44.4 Å². The van der Waals surface area contributed by atoms with Crippen LogP contribution in [-0.4, -0.2) is 19.9 Å². The van der Waals surface area contributed by atoms with Crippen molar-refractivity contribution in [3.8, 4) is 0 Å². The number of carbonyl (C=O) groups excluding carboxylic acids is 1. The van der Waals surface area contributed by atoms with Gasteiger partial charge >= 0.3 is 0 Å². The molecule has 0 radical (unpaired) electrons. The van der Waals surface area contributed by atoms with E-state index in [0.717, 1.165) is 34.6 Å². The van der Waals surface area contributed by atoms with Gasteiger partial charge in [0.05, 0.1) is 17.4 Å². The third-order valence-corrected chi connectivity index (χ3v) is 6.32. The second-order valence-corrected chi connectivity index (χ2v) is 8.57. The topological polar surface area (TPSA) is 44.4 Å². The Bertz CT molecular complexity index is 1140. The fourth-order valence-electron chi connectivity index (χ4n) is 4.67. The molecule has 0 bridgehead atoms. The van der Waals surface area contributed by atoms with Gasteiger partial charge in [0.15, 0.2) is 5.78 Å². The van der Waals surface area contributed by atoms with E-state index in [9.17, 15) is 4.79 Å². The molecule has 164 valence electrons. The number of rotatable bonds is 3. The molecule has 0 saturated carbocycles. The van der Waals surface area contributed by atoms with Crippen LogP contribution in [0.25, 0.3) is 0 Å². The molecule has 0 fully saturated rings. The van der Waals surface area contributed by atoms with Crippen LogP contribution in [0.2, 0.25) is 0 Å². The number of benzene rings is 3. The number of fused-ring (bicyclic) bond motifs is 1. The average Bonchev–Trinajstić information content (AvgIpc) is 2.96. The van der Waals surface area contributed by atoms with Gasteiger partial charge in [-0.1, -0.05) is 54.6 Å². The van der Waals surface area contributed by atoms with Gasteiger partial charge in [0.1, 0.15) is 0 Å². The summed E-state index contributed by atoms with van der Waals surface area (Å²) in [6.45, 7) is 0. The molecule has 1 aliphatic heterocycles. The molecule has 2 N–H and O–H groups in total. The number of hydrogen-bond acceptors (Lipinski definition) is 4. The van der Waals surface area contributed by atoms with E-state index in [-0.39, 0.29) is 30.2 Å². The largest absolute Gasteiger partial charge is 0.378 e. The molecule has 5 rings (SSSR count). The summed E-state index contributed by atoms with van der Waals surface area (Å²) in [6.07, 6.45) is 1.35. The summed E-state index contributed by atoms with van der Waals surface area (Å²) in [5, 5.41) is 7.24. The highest BCUT2D eigenvalue weighted by Crippen LogP contribution is 2.44. The monoisotopic (exact) mass is 445 g/mol. The third kappa shape index (κ3) is 4.11. The van der Waals surface area contributed by atoms with Crippen molar-refractivity contribution in [3.05, 3.63) is 101 Å². The zero-order valence-corrected chi connectivity index (χ0v) is 19.2. The van der Waals surface area contributed by atoms with E-state index in [2.05, 4.69) is 64.1 Å². The van der Waals surface area contributed by atoms with Crippen molar-refractivity contribution >= 4 is 35.3 Å². The molecule has 4 nitrogen and oxygen atoms in total. The van der Waals surface area contributed by atoms with E-state index in [0.29, 0.717) is 6.42 Å². The zero-order valence-electron chi connectivity index (χ0n) is 18.3. The molecule has 3 aromatic carbocycles. The lowest BCUT2D eigenvalue weighted by Crippen LogP contribution is -2.26. The maximum Gasteiger partial charge on any atom is 0.163 e. The van der Waals surface area contributed by atoms with Crippen molar-refractivity contribution in [3.63, 3.8) is 0 Å². The number of para-hydroxylation sites is 2. The lowest BCUT2D eigenvalue weighted by Gasteiger charge is -2.30. The minimum atomic E-state index is -0.156. The Morgan fingerprint density at radius 2 is 1.44 bits per heavy atom. The molecule has 0 spiro atoms. The van der Waals surface area contributed by atoms with Crippen LogP contribution in [0.5, 0.6) is 0 Å². The van der Waals surface area contributed by atoms with E-state index in [4.69, 9.17) is 0 Å². The highest BCUT2D eigenvalue weighted by atomic mass is 35.5. The fraction of sp³-hybridized carbons (Fsp3) is 0.222. The van der Waals surface area contributed by atoms with Crippen LogP contribution in [0, 0.1) is 0 Å². The van der Waals surface area contributed by atoms with Gasteiger partial charge in [-0.2, -0.15) is 0 Å². The first-order chi connectivity index (χ1) is 15.1. The van der Waals surface area contributed by atoms with Crippen LogP contribution in [0.15, 0.2) is 90.1 Å². The molecular formula is C27H28ClN3O. The molecule has 2 unspecified atom stereocenters. The zero-order chi connectivity index (χ0) is 21.4. The van der Waals surface area contributed by atoms with Crippen LogP contribution in [0.4, 0.5) is 17.1 Å².